The zero-order chi connectivity index (χ0) is 27.2. The number of aryl methyl sites for hydroxylation is 2. The standard InChI is InChI=1S/C30H32FN3O3S/c1-19-5-9-23-16-24(29(35)33-28(23)20(19)2)18-34(17-22-6-10-25(31)11-7-22)30(38)32-14-13-21-8-12-26(36-3)27(15-21)37-4/h5-12,15-16H,13-14,17-18H2,1-4H3,(H,32,38)(H,33,35). The molecule has 6 nitrogen and oxygen atoms in total. The number of halogens is 1. The van der Waals surface area contributed by atoms with Crippen molar-refractivity contribution in [3.05, 3.63) is 105 Å². The number of benzene rings is 3. The number of nitrogens with zero attached hydrogens (tertiary/aromatic N) is 1. The monoisotopic (exact) mass is 533 g/mol. The molecule has 2 N–H and O–H groups in total. The van der Waals surface area contributed by atoms with Gasteiger partial charge in [0.25, 0.3) is 5.56 Å². The second-order valence-electron chi connectivity index (χ2n) is 9.25. The summed E-state index contributed by atoms with van der Waals surface area (Å²) in [6.07, 6.45) is 0.708. The van der Waals surface area contributed by atoms with Gasteiger partial charge in [-0.2, -0.15) is 0 Å². The number of hydrogen-bond donors (Lipinski definition) is 2. The molecule has 38 heavy (non-hydrogen) atoms. The Morgan fingerprint density at radius 3 is 2.37 bits per heavy atom. The number of methoxy groups -OCH3 is 2. The number of H-pyrrole nitrogens is 1. The first-order valence-corrected chi connectivity index (χ1v) is 12.8. The molecule has 4 aromatic rings. The molecule has 0 aliphatic carbocycles. The molecule has 0 spiro atoms. The van der Waals surface area contributed by atoms with Crippen LogP contribution >= 0.6 is 12.2 Å². The molecular formula is C30H32FN3O3S. The fourth-order valence-electron chi connectivity index (χ4n) is 4.36. The first kappa shape index (κ1) is 27.1. The van der Waals surface area contributed by atoms with Gasteiger partial charge in [-0.05, 0) is 90.5 Å². The third-order valence-electron chi connectivity index (χ3n) is 6.70. The number of thiocarbonyl (C=S) groups is 1. The summed E-state index contributed by atoms with van der Waals surface area (Å²) in [4.78, 5) is 18.0. The van der Waals surface area contributed by atoms with Gasteiger partial charge in [0.1, 0.15) is 5.82 Å². The largest absolute Gasteiger partial charge is 0.493 e. The average molecular weight is 534 g/mol. The smallest absolute Gasteiger partial charge is 0.253 e. The number of hydrogen-bond acceptors (Lipinski definition) is 4. The molecule has 0 aliphatic rings. The van der Waals surface area contributed by atoms with E-state index in [4.69, 9.17) is 21.7 Å². The predicted molar refractivity (Wildman–Crippen MR) is 154 cm³/mol. The molecule has 1 heterocycles. The van der Waals surface area contributed by atoms with Crippen LogP contribution in [0.1, 0.15) is 27.8 Å². The van der Waals surface area contributed by atoms with Crippen molar-refractivity contribution in [3.63, 3.8) is 0 Å². The Bertz CT molecular complexity index is 1500. The van der Waals surface area contributed by atoms with Gasteiger partial charge in [0.2, 0.25) is 0 Å². The molecule has 8 heteroatoms. The van der Waals surface area contributed by atoms with Crippen LogP contribution in [0.25, 0.3) is 10.9 Å². The topological polar surface area (TPSA) is 66.6 Å². The van der Waals surface area contributed by atoms with E-state index in [1.165, 1.54) is 12.1 Å². The Morgan fingerprint density at radius 2 is 1.66 bits per heavy atom. The highest BCUT2D eigenvalue weighted by Crippen LogP contribution is 2.27. The average Bonchev–Trinajstić information content (AvgIpc) is 2.92. The third kappa shape index (κ3) is 6.31. The van der Waals surface area contributed by atoms with E-state index in [1.807, 2.05) is 49.1 Å². The van der Waals surface area contributed by atoms with E-state index < -0.39 is 0 Å². The summed E-state index contributed by atoms with van der Waals surface area (Å²) >= 11 is 5.76. The second-order valence-corrected chi connectivity index (χ2v) is 9.64. The number of fused-ring (bicyclic) bond motifs is 1. The Kier molecular flexibility index (Phi) is 8.63. The molecule has 0 atom stereocenters. The maximum absolute atomic E-state index is 13.5. The SMILES string of the molecule is COc1ccc(CCNC(=S)N(Cc2ccc(F)cc2)Cc2cc3ccc(C)c(C)c3[nH]c2=O)cc1OC. The molecule has 0 saturated heterocycles. The minimum absolute atomic E-state index is 0.150. The summed E-state index contributed by atoms with van der Waals surface area (Å²) < 4.78 is 24.2. The second kappa shape index (κ2) is 12.1. The zero-order valence-corrected chi connectivity index (χ0v) is 22.9. The summed E-state index contributed by atoms with van der Waals surface area (Å²) in [6.45, 7) is 5.34. The lowest BCUT2D eigenvalue weighted by Crippen LogP contribution is -2.40. The lowest BCUT2D eigenvalue weighted by atomic mass is 10.0. The van der Waals surface area contributed by atoms with Gasteiger partial charge in [0.15, 0.2) is 16.6 Å². The van der Waals surface area contributed by atoms with Crippen LogP contribution in [0.2, 0.25) is 0 Å². The number of aromatic amines is 1. The molecule has 0 radical (unpaired) electrons. The lowest BCUT2D eigenvalue weighted by Gasteiger charge is -2.26. The Hall–Kier alpha value is -3.91. The van der Waals surface area contributed by atoms with Crippen LogP contribution < -0.4 is 20.3 Å². The molecule has 0 fully saturated rings. The first-order chi connectivity index (χ1) is 18.3. The summed E-state index contributed by atoms with van der Waals surface area (Å²) in [5, 5.41) is 4.80. The summed E-state index contributed by atoms with van der Waals surface area (Å²) in [5.74, 6) is 1.05. The number of pyridine rings is 1. The normalized spacial score (nSPS) is 10.9. The van der Waals surface area contributed by atoms with E-state index in [2.05, 4.69) is 16.4 Å². The van der Waals surface area contributed by atoms with Crippen molar-refractivity contribution in [1.29, 1.82) is 0 Å². The number of rotatable bonds is 9. The van der Waals surface area contributed by atoms with Gasteiger partial charge in [0, 0.05) is 18.7 Å². The van der Waals surface area contributed by atoms with Gasteiger partial charge in [0.05, 0.1) is 26.3 Å². The minimum Gasteiger partial charge on any atom is -0.493 e. The highest BCUT2D eigenvalue weighted by atomic mass is 32.1. The van der Waals surface area contributed by atoms with Crippen LogP contribution in [0.4, 0.5) is 4.39 Å². The van der Waals surface area contributed by atoms with Crippen LogP contribution in [0.5, 0.6) is 11.5 Å². The van der Waals surface area contributed by atoms with Crippen LogP contribution in [-0.4, -0.2) is 35.8 Å². The van der Waals surface area contributed by atoms with Gasteiger partial charge in [-0.25, -0.2) is 4.39 Å². The Labute approximate surface area is 227 Å². The highest BCUT2D eigenvalue weighted by Gasteiger charge is 2.15. The van der Waals surface area contributed by atoms with Gasteiger partial charge in [-0.15, -0.1) is 0 Å². The number of ether oxygens (including phenoxy) is 2. The predicted octanol–water partition coefficient (Wildman–Crippen LogP) is 5.42. The van der Waals surface area contributed by atoms with Crippen molar-refractivity contribution < 1.29 is 13.9 Å². The molecule has 0 bridgehead atoms. The van der Waals surface area contributed by atoms with E-state index in [0.717, 1.165) is 33.2 Å². The molecular weight excluding hydrogens is 501 g/mol. The van der Waals surface area contributed by atoms with Crippen molar-refractivity contribution in [3.8, 4) is 11.5 Å². The van der Waals surface area contributed by atoms with E-state index >= 15 is 0 Å². The molecule has 3 aromatic carbocycles. The molecule has 198 valence electrons. The molecule has 4 rings (SSSR count). The third-order valence-corrected chi connectivity index (χ3v) is 7.10. The van der Waals surface area contributed by atoms with Crippen molar-refractivity contribution in [2.75, 3.05) is 20.8 Å². The minimum atomic E-state index is -0.299. The molecule has 0 amide bonds. The Morgan fingerprint density at radius 1 is 0.947 bits per heavy atom. The van der Waals surface area contributed by atoms with E-state index in [9.17, 15) is 9.18 Å². The van der Waals surface area contributed by atoms with Crippen LogP contribution in [0.15, 0.2) is 65.5 Å². The van der Waals surface area contributed by atoms with Crippen LogP contribution in [-0.2, 0) is 19.5 Å². The molecule has 0 saturated carbocycles. The lowest BCUT2D eigenvalue weighted by molar-refractivity contribution is 0.354. The fraction of sp³-hybridized carbons (Fsp3) is 0.267. The molecule has 1 aromatic heterocycles. The van der Waals surface area contributed by atoms with Gasteiger partial charge in [-0.3, -0.25) is 4.79 Å². The first-order valence-electron chi connectivity index (χ1n) is 12.4. The van der Waals surface area contributed by atoms with Crippen LogP contribution in [0.3, 0.4) is 0 Å². The van der Waals surface area contributed by atoms with Crippen LogP contribution in [0, 0.1) is 19.7 Å². The van der Waals surface area contributed by atoms with Crippen molar-refractivity contribution in [2.24, 2.45) is 0 Å². The maximum Gasteiger partial charge on any atom is 0.253 e. The highest BCUT2D eigenvalue weighted by molar-refractivity contribution is 7.80. The fourth-order valence-corrected chi connectivity index (χ4v) is 4.60. The van der Waals surface area contributed by atoms with Gasteiger partial charge >= 0.3 is 0 Å². The van der Waals surface area contributed by atoms with E-state index in [1.54, 1.807) is 26.4 Å². The van der Waals surface area contributed by atoms with Gasteiger partial charge < -0.3 is 24.7 Å². The van der Waals surface area contributed by atoms with Crippen molar-refractivity contribution in [1.82, 2.24) is 15.2 Å². The quantitative estimate of drug-likeness (QED) is 0.280. The molecule has 0 aliphatic heterocycles. The van der Waals surface area contributed by atoms with E-state index in [-0.39, 0.29) is 11.4 Å². The summed E-state index contributed by atoms with van der Waals surface area (Å²) in [7, 11) is 3.22. The zero-order valence-electron chi connectivity index (χ0n) is 22.1. The maximum atomic E-state index is 13.5. The number of nitrogens with one attached hydrogen (secondary N) is 2. The Balaban J connectivity index is 1.53. The van der Waals surface area contributed by atoms with E-state index in [0.29, 0.717) is 48.2 Å². The summed E-state index contributed by atoms with van der Waals surface area (Å²) in [5.41, 5.74) is 5.44. The van der Waals surface area contributed by atoms with Crippen molar-refractivity contribution in [2.45, 2.75) is 33.4 Å². The summed E-state index contributed by atoms with van der Waals surface area (Å²) in [6, 6.07) is 18.1. The molecule has 0 unspecified atom stereocenters. The number of aromatic nitrogens is 1. The van der Waals surface area contributed by atoms with Crippen molar-refractivity contribution >= 4 is 28.2 Å². The van der Waals surface area contributed by atoms with Gasteiger partial charge in [-0.1, -0.05) is 30.3 Å².